The minimum atomic E-state index is -0.569. The number of nitrogens with two attached hydrogens (primary N) is 6. The minimum Gasteiger partial charge on any atom is -0.353 e. The molecule has 0 radical (unpaired) electrons. The molecule has 0 saturated heterocycles. The van der Waals surface area contributed by atoms with Gasteiger partial charge in [0.05, 0.1) is 18.1 Å². The molecule has 0 aliphatic carbocycles. The van der Waals surface area contributed by atoms with E-state index < -0.39 is 18.1 Å². The summed E-state index contributed by atoms with van der Waals surface area (Å²) in [6.45, 7) is 4.48. The fourth-order valence-corrected chi connectivity index (χ4v) is 3.66. The highest BCUT2D eigenvalue weighted by Gasteiger charge is 2.16. The van der Waals surface area contributed by atoms with Crippen LogP contribution in [0.1, 0.15) is 57.8 Å². The second kappa shape index (κ2) is 41.0. The summed E-state index contributed by atoms with van der Waals surface area (Å²) in [5.41, 5.74) is 34.3. The van der Waals surface area contributed by atoms with Gasteiger partial charge in [-0.2, -0.15) is 0 Å². The highest BCUT2D eigenvalue weighted by Crippen LogP contribution is 2.00. The lowest BCUT2D eigenvalue weighted by molar-refractivity contribution is -0.123. The molecule has 0 heterocycles. The Kier molecular flexibility index (Phi) is 56.7. The van der Waals surface area contributed by atoms with E-state index in [0.29, 0.717) is 78.2 Å². The van der Waals surface area contributed by atoms with Crippen LogP contribution in [0.3, 0.4) is 0 Å². The van der Waals surface area contributed by atoms with Gasteiger partial charge in [-0.25, -0.2) is 0 Å². The van der Waals surface area contributed by atoms with Crippen molar-refractivity contribution in [2.75, 3.05) is 58.9 Å². The van der Waals surface area contributed by atoms with Crippen molar-refractivity contribution in [1.29, 1.82) is 0 Å². The maximum absolute atomic E-state index is 12.2. The van der Waals surface area contributed by atoms with Crippen LogP contribution in [-0.2, 0) is 14.4 Å². The Morgan fingerprint density at radius 2 is 0.698 bits per heavy atom. The molecule has 43 heavy (non-hydrogen) atoms. The van der Waals surface area contributed by atoms with E-state index >= 15 is 0 Å². The molecule has 0 rings (SSSR count). The Morgan fingerprint density at radius 3 is 0.907 bits per heavy atom. The summed E-state index contributed by atoms with van der Waals surface area (Å²) >= 11 is 0. The van der Waals surface area contributed by atoms with Gasteiger partial charge >= 0.3 is 0 Å². The quantitative estimate of drug-likeness (QED) is 0.0606. The molecule has 3 atom stereocenters. The molecule has 3 amide bonds. The van der Waals surface area contributed by atoms with E-state index in [4.69, 9.17) is 34.4 Å². The van der Waals surface area contributed by atoms with Crippen LogP contribution >= 0.6 is 102 Å². The Balaban J connectivity index is -0.000000432. The third-order valence-corrected chi connectivity index (χ3v) is 6.10. The summed E-state index contributed by atoms with van der Waals surface area (Å²) in [5.74, 6) is -0.610. The molecule has 0 bridgehead atoms. The largest absolute Gasteiger partial charge is 0.353 e. The summed E-state index contributed by atoms with van der Waals surface area (Å²) in [7, 11) is 0. The van der Waals surface area contributed by atoms with Crippen molar-refractivity contribution in [3.63, 3.8) is 0 Å². The molecular weight excluding hydrogens is 956 g/mol. The number of nitrogens with one attached hydrogen (secondary N) is 3. The van der Waals surface area contributed by atoms with E-state index in [1.807, 2.05) is 4.90 Å². The van der Waals surface area contributed by atoms with Gasteiger partial charge in [-0.15, -0.1) is 102 Å². The predicted molar refractivity (Wildman–Crippen MR) is 210 cm³/mol. The van der Waals surface area contributed by atoms with Crippen LogP contribution in [0.25, 0.3) is 0 Å². The minimum absolute atomic E-state index is 0. The van der Waals surface area contributed by atoms with E-state index in [9.17, 15) is 14.4 Å². The van der Waals surface area contributed by atoms with Crippen LogP contribution in [0.5, 0.6) is 0 Å². The molecule has 13 nitrogen and oxygen atoms in total. The number of hydrogen-bond acceptors (Lipinski definition) is 10. The summed E-state index contributed by atoms with van der Waals surface area (Å²) in [4.78, 5) is 38.8. The number of carbonyl (C=O) groups is 3. The molecule has 0 aliphatic heterocycles. The van der Waals surface area contributed by atoms with E-state index in [-0.39, 0.29) is 120 Å². The number of amides is 3. The van der Waals surface area contributed by atoms with Crippen molar-refractivity contribution in [2.24, 2.45) is 34.4 Å². The van der Waals surface area contributed by atoms with Gasteiger partial charge < -0.3 is 50.4 Å². The number of rotatable bonds is 24. The number of halogens is 6. The normalized spacial score (nSPS) is 11.8. The average molecular weight is 1020 g/mol. The number of nitrogens with zero attached hydrogens (tertiary/aromatic N) is 1. The molecule has 0 fully saturated rings. The van der Waals surface area contributed by atoms with Gasteiger partial charge in [-0.1, -0.05) is 19.3 Å². The summed E-state index contributed by atoms with van der Waals surface area (Å²) in [5, 5.41) is 8.58. The van der Waals surface area contributed by atoms with Crippen LogP contribution in [0.15, 0.2) is 0 Å². The van der Waals surface area contributed by atoms with Gasteiger partial charge in [0, 0.05) is 39.3 Å². The van der Waals surface area contributed by atoms with Crippen LogP contribution in [0.2, 0.25) is 0 Å². The lowest BCUT2D eigenvalue weighted by atomic mass is 10.1. The Bertz CT molecular complexity index is 556. The highest BCUT2D eigenvalue weighted by atomic mass is 79.9. The molecule has 266 valence electrons. The number of hydrogen-bond donors (Lipinski definition) is 9. The Labute approximate surface area is 321 Å². The maximum atomic E-state index is 12.2. The van der Waals surface area contributed by atoms with Gasteiger partial charge in [0.2, 0.25) is 17.7 Å². The van der Waals surface area contributed by atoms with E-state index in [0.717, 1.165) is 38.5 Å². The molecule has 15 N–H and O–H groups in total. The highest BCUT2D eigenvalue weighted by molar-refractivity contribution is 8.93. The third kappa shape index (κ3) is 34.2. The van der Waals surface area contributed by atoms with Crippen molar-refractivity contribution in [1.82, 2.24) is 20.9 Å². The van der Waals surface area contributed by atoms with Gasteiger partial charge in [0.15, 0.2) is 0 Å². The Hall–Kier alpha value is 1.01. The molecule has 0 aromatic carbocycles. The SMILES string of the molecule is Br.Br.Br.Br.Br.Br.NCCCC[C@H](N)C(=O)NCCN(CCNC(=O)[C@@H](N)CCCCN)CCNC(=O)[C@@H](N)CCCCN. The van der Waals surface area contributed by atoms with Crippen molar-refractivity contribution in [3.05, 3.63) is 0 Å². The summed E-state index contributed by atoms with van der Waals surface area (Å²) < 4.78 is 0. The topological polar surface area (TPSA) is 247 Å². The van der Waals surface area contributed by atoms with Crippen molar-refractivity contribution >= 4 is 120 Å². The number of unbranched alkanes of at least 4 members (excludes halogenated alkanes) is 3. The van der Waals surface area contributed by atoms with E-state index in [1.54, 1.807) is 0 Å². The third-order valence-electron chi connectivity index (χ3n) is 6.10. The first kappa shape index (κ1) is 59.4. The van der Waals surface area contributed by atoms with Gasteiger partial charge in [0.1, 0.15) is 0 Å². The summed E-state index contributed by atoms with van der Waals surface area (Å²) in [6, 6.07) is -1.71. The molecule has 0 saturated carbocycles. The first-order valence-corrected chi connectivity index (χ1v) is 13.7. The number of carbonyl (C=O) groups excluding carboxylic acids is 3. The molecule has 0 aromatic rings. The maximum Gasteiger partial charge on any atom is 0.236 e. The first-order chi connectivity index (χ1) is 17.8. The monoisotopic (exact) mass is 1010 g/mol. The first-order valence-electron chi connectivity index (χ1n) is 13.7. The zero-order valence-electron chi connectivity index (χ0n) is 25.0. The smallest absolute Gasteiger partial charge is 0.236 e. The van der Waals surface area contributed by atoms with E-state index in [1.165, 1.54) is 0 Å². The zero-order chi connectivity index (χ0) is 27.9. The lowest BCUT2D eigenvalue weighted by Crippen LogP contribution is -2.48. The van der Waals surface area contributed by atoms with Crippen LogP contribution in [0.4, 0.5) is 0 Å². The van der Waals surface area contributed by atoms with Crippen LogP contribution in [0, 0.1) is 0 Å². The fourth-order valence-electron chi connectivity index (χ4n) is 3.66. The lowest BCUT2D eigenvalue weighted by Gasteiger charge is -2.24. The molecule has 0 unspecified atom stereocenters. The fraction of sp³-hybridized carbons (Fsp3) is 0.875. The molecule has 19 heteroatoms. The molecular formula is C24H60Br6N10O3. The zero-order valence-corrected chi connectivity index (χ0v) is 35.3. The van der Waals surface area contributed by atoms with Crippen molar-refractivity contribution < 1.29 is 14.4 Å². The van der Waals surface area contributed by atoms with E-state index in [2.05, 4.69) is 16.0 Å². The molecule has 0 spiro atoms. The van der Waals surface area contributed by atoms with Crippen molar-refractivity contribution in [3.8, 4) is 0 Å². The van der Waals surface area contributed by atoms with Gasteiger partial charge in [-0.05, 0) is 58.2 Å². The summed E-state index contributed by atoms with van der Waals surface area (Å²) in [6.07, 6.45) is 6.67. The average Bonchev–Trinajstić information content (AvgIpc) is 2.88. The van der Waals surface area contributed by atoms with Crippen molar-refractivity contribution in [2.45, 2.75) is 75.9 Å². The molecule has 0 aliphatic rings. The van der Waals surface area contributed by atoms with Crippen LogP contribution < -0.4 is 50.4 Å². The van der Waals surface area contributed by atoms with Crippen LogP contribution in [-0.4, -0.2) is 99.6 Å². The second-order valence-electron chi connectivity index (χ2n) is 9.39. The predicted octanol–water partition coefficient (Wildman–Crippen LogP) is 0.473. The Morgan fingerprint density at radius 1 is 0.465 bits per heavy atom. The van der Waals surface area contributed by atoms with Gasteiger partial charge in [0.25, 0.3) is 0 Å². The second-order valence-corrected chi connectivity index (χ2v) is 9.39. The molecule has 0 aromatic heterocycles. The standard InChI is InChI=1S/C24H54N10O3.6BrH/c25-10-4-1-7-19(28)22(35)31-13-16-34(17-14-32-23(36)20(29)8-2-5-11-26)18-15-33-24(37)21(30)9-3-6-12-27;;;;;;/h19-21H,1-18,25-30H2,(H,31,35)(H,32,36)(H,33,37);6*1H/t19-,20-,21-;;;;;;/m0....../s1. The van der Waals surface area contributed by atoms with Gasteiger partial charge in [-0.3, -0.25) is 19.3 Å².